The van der Waals surface area contributed by atoms with Crippen LogP contribution in [0.2, 0.25) is 0 Å². The molecule has 2 aliphatic heterocycles. The Hall–Kier alpha value is -2.27. The van der Waals surface area contributed by atoms with Gasteiger partial charge in [-0.2, -0.15) is 0 Å². The third-order valence-electron chi connectivity index (χ3n) is 8.08. The van der Waals surface area contributed by atoms with Gasteiger partial charge in [-0.05, 0) is 107 Å². The summed E-state index contributed by atoms with van der Waals surface area (Å²) in [6.45, 7) is 3.95. The van der Waals surface area contributed by atoms with Gasteiger partial charge in [-0.3, -0.25) is 14.4 Å². The van der Waals surface area contributed by atoms with Crippen molar-refractivity contribution >= 4 is 42.6 Å². The van der Waals surface area contributed by atoms with Crippen LogP contribution in [0.4, 0.5) is 0 Å². The third kappa shape index (κ3) is 12.6. The number of carboxylic acids is 1. The molecule has 2 heterocycles. The maximum atomic E-state index is 13.2. The van der Waals surface area contributed by atoms with Gasteiger partial charge < -0.3 is 35.8 Å². The Balaban J connectivity index is 0.00000420. The Morgan fingerprint density at radius 1 is 0.902 bits per heavy atom. The van der Waals surface area contributed by atoms with Crippen LogP contribution in [0, 0.1) is 17.8 Å². The van der Waals surface area contributed by atoms with Gasteiger partial charge in [0.15, 0.2) is 11.5 Å². The largest absolute Gasteiger partial charge is 0.493 e. The van der Waals surface area contributed by atoms with E-state index in [2.05, 4.69) is 21.3 Å². The quantitative estimate of drug-likeness (QED) is 0.201. The number of hydrogen-bond donors (Lipinski definition) is 5. The van der Waals surface area contributed by atoms with Crippen molar-refractivity contribution in [2.45, 2.75) is 63.8 Å². The zero-order valence-corrected chi connectivity index (χ0v) is 25.9. The summed E-state index contributed by atoms with van der Waals surface area (Å²) < 4.78 is 10.6. The Kier molecular flexibility index (Phi) is 17.7. The number of piperidine rings is 2. The summed E-state index contributed by atoms with van der Waals surface area (Å²) in [5.74, 6) is 0.545. The van der Waals surface area contributed by atoms with Gasteiger partial charge in [0.05, 0.1) is 33.2 Å². The molecule has 0 saturated carbocycles. The van der Waals surface area contributed by atoms with E-state index in [1.165, 1.54) is 14.2 Å². The summed E-state index contributed by atoms with van der Waals surface area (Å²) in [6, 6.07) is 4.25. The Morgan fingerprint density at radius 2 is 1.44 bits per heavy atom. The number of methoxy groups -OCH3 is 2. The average molecular weight is 620 g/mol. The normalized spacial score (nSPS) is 16.6. The highest BCUT2D eigenvalue weighted by molar-refractivity contribution is 5.86. The minimum atomic E-state index is -1.05. The molecule has 1 atom stereocenters. The molecule has 0 radical (unpaired) electrons. The molecule has 0 aromatic heterocycles. The van der Waals surface area contributed by atoms with Crippen molar-refractivity contribution < 1.29 is 29.0 Å². The number of aliphatic carboxylic acids is 1. The predicted octanol–water partition coefficient (Wildman–Crippen LogP) is 3.47. The van der Waals surface area contributed by atoms with Crippen LogP contribution >= 0.6 is 24.8 Å². The van der Waals surface area contributed by atoms with E-state index in [0.717, 1.165) is 77.5 Å². The number of carbonyl (C=O) groups excluding carboxylic acids is 2. The highest BCUT2D eigenvalue weighted by Gasteiger charge is 2.25. The maximum Gasteiger partial charge on any atom is 0.305 e. The Morgan fingerprint density at radius 3 is 1.93 bits per heavy atom. The number of carbonyl (C=O) groups is 3. The van der Waals surface area contributed by atoms with Gasteiger partial charge in [-0.15, -0.1) is 24.8 Å². The fourth-order valence-electron chi connectivity index (χ4n) is 5.67. The number of rotatable bonds is 15. The van der Waals surface area contributed by atoms with E-state index in [-0.39, 0.29) is 49.6 Å². The standard InChI is InChI=1S/C29H46N4O6.2ClH/c1-38-25-8-7-23(17-26(25)39-2)24(18-28(35)36)33-27(34)19-32-29(37)22(5-3-20-9-13-30-14-10-20)6-4-21-11-15-31-16-12-21;;/h7-8,17,20-22,24,30-31H,3-6,9-16,18-19H2,1-2H3,(H,32,37)(H,33,34)(H,35,36);2*1H. The summed E-state index contributed by atoms with van der Waals surface area (Å²) in [4.78, 5) is 37.6. The molecule has 2 amide bonds. The van der Waals surface area contributed by atoms with Gasteiger partial charge in [0, 0.05) is 5.92 Å². The van der Waals surface area contributed by atoms with E-state index in [4.69, 9.17) is 9.47 Å². The molecule has 10 nitrogen and oxygen atoms in total. The molecule has 2 saturated heterocycles. The first-order valence-corrected chi connectivity index (χ1v) is 14.3. The van der Waals surface area contributed by atoms with Gasteiger partial charge >= 0.3 is 5.97 Å². The van der Waals surface area contributed by atoms with E-state index in [0.29, 0.717) is 28.9 Å². The van der Waals surface area contributed by atoms with Crippen molar-refractivity contribution in [1.29, 1.82) is 0 Å². The van der Waals surface area contributed by atoms with Crippen molar-refractivity contribution in [2.75, 3.05) is 46.9 Å². The Labute approximate surface area is 256 Å². The highest BCUT2D eigenvalue weighted by atomic mass is 35.5. The molecule has 1 unspecified atom stereocenters. The molecular weight excluding hydrogens is 571 g/mol. The number of ether oxygens (including phenoxy) is 2. The number of nitrogens with one attached hydrogen (secondary N) is 4. The first-order chi connectivity index (χ1) is 18.9. The molecule has 0 bridgehead atoms. The molecule has 0 spiro atoms. The lowest BCUT2D eigenvalue weighted by Crippen LogP contribution is -2.41. The van der Waals surface area contributed by atoms with E-state index in [9.17, 15) is 19.5 Å². The van der Waals surface area contributed by atoms with E-state index in [1.807, 2.05) is 0 Å². The van der Waals surface area contributed by atoms with Gasteiger partial charge in [0.1, 0.15) is 0 Å². The SMILES string of the molecule is COc1ccc(C(CC(=O)O)NC(=O)CNC(=O)C(CCC2CCNCC2)CCC2CCNCC2)cc1OC.Cl.Cl. The van der Waals surface area contributed by atoms with Gasteiger partial charge in [0.2, 0.25) is 11.8 Å². The van der Waals surface area contributed by atoms with Crippen LogP contribution in [-0.2, 0) is 14.4 Å². The second kappa shape index (κ2) is 19.8. The van der Waals surface area contributed by atoms with Crippen LogP contribution in [0.25, 0.3) is 0 Å². The maximum absolute atomic E-state index is 13.2. The number of halogens is 2. The molecule has 1 aromatic rings. The molecule has 234 valence electrons. The number of hydrogen-bond acceptors (Lipinski definition) is 7. The minimum Gasteiger partial charge on any atom is -0.493 e. The minimum absolute atomic E-state index is 0. The second-order valence-corrected chi connectivity index (χ2v) is 10.8. The van der Waals surface area contributed by atoms with E-state index < -0.39 is 17.9 Å². The van der Waals surface area contributed by atoms with Crippen LogP contribution in [0.1, 0.15) is 69.4 Å². The van der Waals surface area contributed by atoms with Crippen LogP contribution in [0.3, 0.4) is 0 Å². The monoisotopic (exact) mass is 618 g/mol. The molecule has 5 N–H and O–H groups in total. The Bertz CT molecular complexity index is 920. The van der Waals surface area contributed by atoms with Crippen molar-refractivity contribution in [2.24, 2.45) is 17.8 Å². The van der Waals surface area contributed by atoms with Gasteiger partial charge in [0.25, 0.3) is 0 Å². The number of amides is 2. The fourth-order valence-corrected chi connectivity index (χ4v) is 5.67. The molecule has 41 heavy (non-hydrogen) atoms. The molecule has 2 aliphatic rings. The topological polar surface area (TPSA) is 138 Å². The first kappa shape index (κ1) is 36.8. The van der Waals surface area contributed by atoms with Crippen LogP contribution in [0.5, 0.6) is 11.5 Å². The third-order valence-corrected chi connectivity index (χ3v) is 8.08. The zero-order valence-electron chi connectivity index (χ0n) is 24.2. The van der Waals surface area contributed by atoms with Crippen molar-refractivity contribution in [3.8, 4) is 11.5 Å². The van der Waals surface area contributed by atoms with Crippen LogP contribution in [-0.4, -0.2) is 69.8 Å². The summed E-state index contributed by atoms with van der Waals surface area (Å²) >= 11 is 0. The lowest BCUT2D eigenvalue weighted by atomic mass is 9.84. The molecule has 12 heteroatoms. The highest BCUT2D eigenvalue weighted by Crippen LogP contribution is 2.31. The van der Waals surface area contributed by atoms with Crippen LogP contribution in [0.15, 0.2) is 18.2 Å². The fraction of sp³-hybridized carbons (Fsp3) is 0.690. The molecule has 0 aliphatic carbocycles. The summed E-state index contributed by atoms with van der Waals surface area (Å²) in [7, 11) is 3.01. The summed E-state index contributed by atoms with van der Waals surface area (Å²) in [5, 5.41) is 21.8. The molecule has 1 aromatic carbocycles. The number of carboxylic acid groups (broad SMARTS) is 1. The van der Waals surface area contributed by atoms with E-state index in [1.54, 1.807) is 18.2 Å². The van der Waals surface area contributed by atoms with Crippen LogP contribution < -0.4 is 30.7 Å². The number of benzene rings is 1. The zero-order chi connectivity index (χ0) is 28.0. The molecular formula is C29H48Cl2N4O6. The predicted molar refractivity (Wildman–Crippen MR) is 163 cm³/mol. The average Bonchev–Trinajstić information content (AvgIpc) is 2.96. The lowest BCUT2D eigenvalue weighted by Gasteiger charge is -2.27. The van der Waals surface area contributed by atoms with Gasteiger partial charge in [-0.25, -0.2) is 0 Å². The molecule has 2 fully saturated rings. The van der Waals surface area contributed by atoms with E-state index >= 15 is 0 Å². The summed E-state index contributed by atoms with van der Waals surface area (Å²) in [5.41, 5.74) is 0.580. The van der Waals surface area contributed by atoms with Crippen molar-refractivity contribution in [1.82, 2.24) is 21.3 Å². The smallest absolute Gasteiger partial charge is 0.305 e. The lowest BCUT2D eigenvalue weighted by molar-refractivity contribution is -0.138. The van der Waals surface area contributed by atoms with Gasteiger partial charge in [-0.1, -0.05) is 6.07 Å². The summed E-state index contributed by atoms with van der Waals surface area (Å²) in [6.07, 6.45) is 7.99. The first-order valence-electron chi connectivity index (χ1n) is 14.3. The van der Waals surface area contributed by atoms with Crippen molar-refractivity contribution in [3.63, 3.8) is 0 Å². The second-order valence-electron chi connectivity index (χ2n) is 10.8. The van der Waals surface area contributed by atoms with Crippen molar-refractivity contribution in [3.05, 3.63) is 23.8 Å². The molecule has 3 rings (SSSR count).